The highest BCUT2D eigenvalue weighted by Crippen LogP contribution is 2.47. The number of fused-ring (bicyclic) bond motifs is 1. The maximum Gasteiger partial charge on any atom is 0.323 e. The molecule has 1 aromatic heterocycles. The zero-order valence-electron chi connectivity index (χ0n) is 22.4. The molecule has 3 N–H and O–H groups in total. The van der Waals surface area contributed by atoms with E-state index in [1.807, 2.05) is 67.6 Å². The standard InChI is InChI=1S/C32H30N6O2/c1-20-12-14-24(15-13-20)33-32(39)34-28-19-23(25-10-6-7-11-26(25)31-35-37-38-36-31)18-27-29(22-8-4-3-5-9-22)21(2)16-17-40-30(27)28/h3-15,18-19,21,29H,16-17H2,1-2H3,(H2,33,34,39)(H,35,36,37,38). The van der Waals surface area contributed by atoms with E-state index in [9.17, 15) is 4.79 Å². The van der Waals surface area contributed by atoms with Gasteiger partial charge in [0.05, 0.1) is 12.3 Å². The number of aromatic amines is 1. The second-order valence-electron chi connectivity index (χ2n) is 10.2. The predicted octanol–water partition coefficient (Wildman–Crippen LogP) is 7.04. The number of anilines is 2. The van der Waals surface area contributed by atoms with E-state index in [0.717, 1.165) is 34.2 Å². The van der Waals surface area contributed by atoms with E-state index in [1.54, 1.807) is 0 Å². The second kappa shape index (κ2) is 11.0. The number of H-pyrrole nitrogens is 1. The first-order chi connectivity index (χ1) is 19.6. The monoisotopic (exact) mass is 530 g/mol. The van der Waals surface area contributed by atoms with Crippen LogP contribution in [0.4, 0.5) is 16.2 Å². The number of tetrazole rings is 1. The Bertz CT molecular complexity index is 1620. The summed E-state index contributed by atoms with van der Waals surface area (Å²) in [6.07, 6.45) is 0.887. The molecule has 2 unspecified atom stereocenters. The van der Waals surface area contributed by atoms with Crippen molar-refractivity contribution in [2.24, 2.45) is 5.92 Å². The van der Waals surface area contributed by atoms with Crippen molar-refractivity contribution in [2.45, 2.75) is 26.2 Å². The van der Waals surface area contributed by atoms with E-state index in [2.05, 4.69) is 68.5 Å². The molecular weight excluding hydrogens is 500 g/mol. The molecule has 1 aliphatic rings. The third-order valence-electron chi connectivity index (χ3n) is 7.38. The van der Waals surface area contributed by atoms with Crippen LogP contribution in [-0.2, 0) is 0 Å². The Kier molecular flexibility index (Phi) is 6.97. The van der Waals surface area contributed by atoms with E-state index in [-0.39, 0.29) is 11.9 Å². The fourth-order valence-electron chi connectivity index (χ4n) is 5.41. The van der Waals surface area contributed by atoms with Crippen LogP contribution in [-0.4, -0.2) is 33.3 Å². The van der Waals surface area contributed by atoms with E-state index in [4.69, 9.17) is 4.74 Å². The number of carbonyl (C=O) groups excluding carboxylic acids is 1. The highest BCUT2D eigenvalue weighted by Gasteiger charge is 2.30. The molecule has 200 valence electrons. The van der Waals surface area contributed by atoms with Gasteiger partial charge in [0, 0.05) is 22.7 Å². The highest BCUT2D eigenvalue weighted by atomic mass is 16.5. The molecule has 2 amide bonds. The van der Waals surface area contributed by atoms with E-state index in [1.165, 1.54) is 5.56 Å². The molecule has 4 aromatic carbocycles. The number of nitrogens with one attached hydrogen (secondary N) is 3. The maximum atomic E-state index is 13.2. The number of urea groups is 1. The third kappa shape index (κ3) is 5.16. The fraction of sp³-hybridized carbons (Fsp3) is 0.188. The summed E-state index contributed by atoms with van der Waals surface area (Å²) in [4.78, 5) is 13.2. The first-order valence-electron chi connectivity index (χ1n) is 13.4. The van der Waals surface area contributed by atoms with E-state index >= 15 is 0 Å². The largest absolute Gasteiger partial charge is 0.491 e. The summed E-state index contributed by atoms with van der Waals surface area (Å²) in [5.74, 6) is 1.59. The molecule has 0 fully saturated rings. The van der Waals surface area contributed by atoms with Crippen molar-refractivity contribution >= 4 is 17.4 Å². The van der Waals surface area contributed by atoms with Gasteiger partial charge in [-0.15, -0.1) is 10.2 Å². The molecule has 8 nitrogen and oxygen atoms in total. The topological polar surface area (TPSA) is 105 Å². The third-order valence-corrected chi connectivity index (χ3v) is 7.38. The van der Waals surface area contributed by atoms with Crippen LogP contribution in [0.25, 0.3) is 22.5 Å². The van der Waals surface area contributed by atoms with Gasteiger partial charge in [0.15, 0.2) is 0 Å². The van der Waals surface area contributed by atoms with Crippen LogP contribution in [0.15, 0.2) is 91.0 Å². The predicted molar refractivity (Wildman–Crippen MR) is 156 cm³/mol. The lowest BCUT2D eigenvalue weighted by atomic mass is 9.79. The zero-order valence-corrected chi connectivity index (χ0v) is 22.4. The van der Waals surface area contributed by atoms with Gasteiger partial charge in [-0.2, -0.15) is 5.21 Å². The number of aromatic nitrogens is 4. The number of nitrogens with zero attached hydrogens (tertiary/aromatic N) is 3. The lowest BCUT2D eigenvalue weighted by Crippen LogP contribution is -2.20. The van der Waals surface area contributed by atoms with Gasteiger partial charge in [-0.1, -0.05) is 79.2 Å². The number of amides is 2. The molecule has 2 heterocycles. The van der Waals surface area contributed by atoms with E-state index in [0.29, 0.717) is 35.5 Å². The van der Waals surface area contributed by atoms with Gasteiger partial charge in [0.25, 0.3) is 0 Å². The Morgan fingerprint density at radius 3 is 2.42 bits per heavy atom. The molecule has 0 bridgehead atoms. The zero-order chi connectivity index (χ0) is 27.5. The molecule has 8 heteroatoms. The average Bonchev–Trinajstić information content (AvgIpc) is 3.45. The Morgan fingerprint density at radius 2 is 1.68 bits per heavy atom. The van der Waals surface area contributed by atoms with Crippen molar-refractivity contribution in [3.63, 3.8) is 0 Å². The minimum absolute atomic E-state index is 0.0803. The van der Waals surface area contributed by atoms with Gasteiger partial charge in [-0.05, 0) is 65.4 Å². The number of benzene rings is 4. The fourth-order valence-corrected chi connectivity index (χ4v) is 5.41. The summed E-state index contributed by atoms with van der Waals surface area (Å²) in [6, 6.07) is 29.9. The Hall–Kier alpha value is -4.98. The van der Waals surface area contributed by atoms with Gasteiger partial charge in [-0.25, -0.2) is 4.79 Å². The van der Waals surface area contributed by atoms with Crippen molar-refractivity contribution in [1.29, 1.82) is 0 Å². The molecule has 0 saturated heterocycles. The lowest BCUT2D eigenvalue weighted by molar-refractivity contribution is 0.261. The molecule has 0 spiro atoms. The Balaban J connectivity index is 1.49. The first kappa shape index (κ1) is 25.3. The molecule has 6 rings (SSSR count). The van der Waals surface area contributed by atoms with Crippen LogP contribution in [0.5, 0.6) is 5.75 Å². The first-order valence-corrected chi connectivity index (χ1v) is 13.4. The van der Waals surface area contributed by atoms with Gasteiger partial charge < -0.3 is 15.4 Å². The van der Waals surface area contributed by atoms with Crippen molar-refractivity contribution < 1.29 is 9.53 Å². The van der Waals surface area contributed by atoms with Gasteiger partial charge in [0.1, 0.15) is 5.75 Å². The molecular formula is C32H30N6O2. The van der Waals surface area contributed by atoms with Crippen LogP contribution in [0.3, 0.4) is 0 Å². The van der Waals surface area contributed by atoms with Gasteiger partial charge in [-0.3, -0.25) is 0 Å². The van der Waals surface area contributed by atoms with Crippen LogP contribution in [0.2, 0.25) is 0 Å². The van der Waals surface area contributed by atoms with Gasteiger partial charge in [0.2, 0.25) is 5.82 Å². The Labute approximate surface area is 232 Å². The molecule has 40 heavy (non-hydrogen) atoms. The van der Waals surface area contributed by atoms with Crippen LogP contribution in [0.1, 0.15) is 36.0 Å². The molecule has 5 aromatic rings. The number of hydrogen-bond acceptors (Lipinski definition) is 5. The number of carbonyl (C=O) groups is 1. The molecule has 1 aliphatic heterocycles. The van der Waals surface area contributed by atoms with Crippen LogP contribution < -0.4 is 15.4 Å². The smallest absolute Gasteiger partial charge is 0.323 e. The van der Waals surface area contributed by atoms with Crippen molar-refractivity contribution in [2.75, 3.05) is 17.2 Å². The van der Waals surface area contributed by atoms with Crippen molar-refractivity contribution in [3.8, 4) is 28.3 Å². The number of aryl methyl sites for hydroxylation is 1. The average molecular weight is 531 g/mol. The minimum Gasteiger partial charge on any atom is -0.491 e. The Morgan fingerprint density at radius 1 is 0.925 bits per heavy atom. The molecule has 2 atom stereocenters. The summed E-state index contributed by atoms with van der Waals surface area (Å²) in [6.45, 7) is 4.83. The number of hydrogen-bond donors (Lipinski definition) is 3. The second-order valence-corrected chi connectivity index (χ2v) is 10.2. The van der Waals surface area contributed by atoms with E-state index < -0.39 is 0 Å². The quantitative estimate of drug-likeness (QED) is 0.226. The van der Waals surface area contributed by atoms with Crippen LogP contribution >= 0.6 is 0 Å². The van der Waals surface area contributed by atoms with Gasteiger partial charge >= 0.3 is 6.03 Å². The number of rotatable bonds is 5. The molecule has 0 radical (unpaired) electrons. The lowest BCUT2D eigenvalue weighted by Gasteiger charge is -2.25. The highest BCUT2D eigenvalue weighted by molar-refractivity contribution is 6.01. The molecule has 0 aliphatic carbocycles. The number of ether oxygens (including phenoxy) is 1. The summed E-state index contributed by atoms with van der Waals surface area (Å²) < 4.78 is 6.38. The summed E-state index contributed by atoms with van der Waals surface area (Å²) in [7, 11) is 0. The molecule has 0 saturated carbocycles. The summed E-state index contributed by atoms with van der Waals surface area (Å²) in [5, 5.41) is 20.8. The summed E-state index contributed by atoms with van der Waals surface area (Å²) >= 11 is 0. The maximum absolute atomic E-state index is 13.2. The van der Waals surface area contributed by atoms with Crippen LogP contribution in [0, 0.1) is 12.8 Å². The normalized spacial score (nSPS) is 16.4. The van der Waals surface area contributed by atoms with Crippen molar-refractivity contribution in [1.82, 2.24) is 20.6 Å². The SMILES string of the molecule is Cc1ccc(NC(=O)Nc2cc(-c3ccccc3-c3nn[nH]n3)cc3c2OCCC(C)C3c2ccccc2)cc1. The summed E-state index contributed by atoms with van der Waals surface area (Å²) in [5.41, 5.74) is 7.37. The minimum atomic E-state index is -0.341. The van der Waals surface area contributed by atoms with Crippen molar-refractivity contribution in [3.05, 3.63) is 108 Å².